The van der Waals surface area contributed by atoms with Gasteiger partial charge in [0.1, 0.15) is 41.8 Å². The molecule has 0 unspecified atom stereocenters. The van der Waals surface area contributed by atoms with Crippen molar-refractivity contribution in [2.75, 3.05) is 18.8 Å². The number of aromatic nitrogens is 4. The highest BCUT2D eigenvalue weighted by Gasteiger charge is 2.45. The molecule has 1 saturated heterocycles. The average Bonchev–Trinajstić information content (AvgIpc) is 3.43. The summed E-state index contributed by atoms with van der Waals surface area (Å²) in [7, 11) is 0. The van der Waals surface area contributed by atoms with Gasteiger partial charge in [-0.15, -0.1) is 0 Å². The molecule has 0 spiro atoms. The first-order chi connectivity index (χ1) is 18.8. The third-order valence-electron chi connectivity index (χ3n) is 6.48. The molecule has 0 aliphatic carbocycles. The predicted molar refractivity (Wildman–Crippen MR) is 129 cm³/mol. The van der Waals surface area contributed by atoms with E-state index in [9.17, 15) is 38.3 Å². The first kappa shape index (κ1) is 29.0. The van der Waals surface area contributed by atoms with Crippen LogP contribution in [0, 0.1) is 10.1 Å². The van der Waals surface area contributed by atoms with E-state index in [2.05, 4.69) is 15.0 Å². The number of carboxylic acid groups (broad SMARTS) is 1. The van der Waals surface area contributed by atoms with E-state index in [1.54, 1.807) is 0 Å². The molecule has 1 aliphatic heterocycles. The van der Waals surface area contributed by atoms with Gasteiger partial charge in [0.15, 0.2) is 17.7 Å². The minimum atomic E-state index is -5.00. The van der Waals surface area contributed by atoms with E-state index in [0.717, 1.165) is 12.1 Å². The maximum absolute atomic E-state index is 13.5. The number of aliphatic hydroxyl groups excluding tert-OH is 2. The zero-order valence-electron chi connectivity index (χ0n) is 20.5. The summed E-state index contributed by atoms with van der Waals surface area (Å²) in [6.07, 6.45) is -7.87. The molecule has 3 heterocycles. The molecule has 1 fully saturated rings. The van der Waals surface area contributed by atoms with Crippen molar-refractivity contribution in [1.29, 1.82) is 0 Å². The molecule has 4 rings (SSSR count). The van der Waals surface area contributed by atoms with Crippen LogP contribution in [0.4, 0.5) is 24.7 Å². The van der Waals surface area contributed by atoms with Crippen LogP contribution in [-0.2, 0) is 22.3 Å². The van der Waals surface area contributed by atoms with Gasteiger partial charge in [0, 0.05) is 25.7 Å². The Morgan fingerprint density at radius 1 is 1.25 bits per heavy atom. The Morgan fingerprint density at radius 2 is 1.98 bits per heavy atom. The van der Waals surface area contributed by atoms with E-state index >= 15 is 0 Å². The van der Waals surface area contributed by atoms with Crippen LogP contribution in [0.1, 0.15) is 23.8 Å². The standard InChI is InChI=1S/C22H25F3N8O7/c23-22(24,25)11-5-10(1-2-13(11)33(38)39)6-31(4-3-12(26)21(36)37)7-14-16(34)17(35)20(40-14)32-9-30-15-18(27)28-8-29-19(15)32/h1-2,5,8-9,12,14,16-17,20,34-35H,3-4,6-7,26H2,(H,36,37)(H2,27,28,29)/t12-,14+,16+,17+,20+/m0/s1. The van der Waals surface area contributed by atoms with Crippen LogP contribution in [0.2, 0.25) is 0 Å². The van der Waals surface area contributed by atoms with Crippen molar-refractivity contribution in [3.8, 4) is 0 Å². The molecule has 1 aliphatic rings. The number of nitrogen functional groups attached to an aromatic ring is 1. The normalized spacial score (nSPS) is 22.2. The molecular weight excluding hydrogens is 545 g/mol. The third kappa shape index (κ3) is 5.94. The first-order valence-electron chi connectivity index (χ1n) is 11.8. The van der Waals surface area contributed by atoms with Crippen LogP contribution in [0.5, 0.6) is 0 Å². The lowest BCUT2D eigenvalue weighted by molar-refractivity contribution is -0.388. The fourth-order valence-electron chi connectivity index (χ4n) is 4.43. The number of alkyl halides is 3. The zero-order chi connectivity index (χ0) is 29.4. The van der Waals surface area contributed by atoms with E-state index in [1.165, 1.54) is 22.1 Å². The number of halogens is 3. The summed E-state index contributed by atoms with van der Waals surface area (Å²) < 4.78 is 47.7. The quantitative estimate of drug-likeness (QED) is 0.163. The zero-order valence-corrected chi connectivity index (χ0v) is 20.5. The summed E-state index contributed by atoms with van der Waals surface area (Å²) in [6.45, 7) is -0.474. The molecule has 0 amide bonds. The Morgan fingerprint density at radius 3 is 2.62 bits per heavy atom. The lowest BCUT2D eigenvalue weighted by Gasteiger charge is -2.27. The fourth-order valence-corrected chi connectivity index (χ4v) is 4.43. The number of imidazole rings is 1. The molecule has 40 heavy (non-hydrogen) atoms. The van der Waals surface area contributed by atoms with E-state index in [4.69, 9.17) is 21.3 Å². The number of nitrogens with zero attached hydrogens (tertiary/aromatic N) is 6. The van der Waals surface area contributed by atoms with E-state index in [1.807, 2.05) is 0 Å². The predicted octanol–water partition coefficient (Wildman–Crippen LogP) is 0.259. The average molecular weight is 570 g/mol. The highest BCUT2D eigenvalue weighted by atomic mass is 19.4. The molecule has 0 radical (unpaired) electrons. The SMILES string of the molecule is Nc1ncnc2c1ncn2[C@@H]1O[C@H](CN(CC[C@H](N)C(=O)O)Cc2ccc([N+](=O)[O-])c(C(F)(F)F)c2)[C@@H](O)[C@H]1O. The maximum atomic E-state index is 13.5. The van der Waals surface area contributed by atoms with E-state index < -0.39 is 58.9 Å². The summed E-state index contributed by atoms with van der Waals surface area (Å²) in [5, 5.41) is 41.7. The van der Waals surface area contributed by atoms with Gasteiger partial charge >= 0.3 is 12.1 Å². The number of carboxylic acids is 1. The minimum Gasteiger partial charge on any atom is -0.480 e. The number of aliphatic carboxylic acids is 1. The van der Waals surface area contributed by atoms with Gasteiger partial charge in [0.2, 0.25) is 0 Å². The summed E-state index contributed by atoms with van der Waals surface area (Å²) in [5.41, 5.74) is 9.31. The Labute approximate surface area is 223 Å². The largest absolute Gasteiger partial charge is 0.480 e. The number of carbonyl (C=O) groups is 1. The highest BCUT2D eigenvalue weighted by molar-refractivity contribution is 5.81. The number of anilines is 1. The van der Waals surface area contributed by atoms with Gasteiger partial charge in [-0.05, 0) is 18.1 Å². The van der Waals surface area contributed by atoms with E-state index in [0.29, 0.717) is 6.07 Å². The lowest BCUT2D eigenvalue weighted by atomic mass is 10.1. The van der Waals surface area contributed by atoms with Gasteiger partial charge in [-0.2, -0.15) is 13.2 Å². The number of rotatable bonds is 10. The number of benzene rings is 1. The molecule has 0 saturated carbocycles. The number of aliphatic hydroxyl groups is 2. The molecule has 3 aromatic rings. The lowest BCUT2D eigenvalue weighted by Crippen LogP contribution is -2.42. The maximum Gasteiger partial charge on any atom is 0.423 e. The van der Waals surface area contributed by atoms with Crippen molar-refractivity contribution in [2.24, 2.45) is 5.73 Å². The molecule has 2 aromatic heterocycles. The first-order valence-corrected chi connectivity index (χ1v) is 11.8. The third-order valence-corrected chi connectivity index (χ3v) is 6.48. The molecule has 18 heteroatoms. The number of hydrogen-bond donors (Lipinski definition) is 5. The number of ether oxygens (including phenoxy) is 1. The van der Waals surface area contributed by atoms with E-state index in [-0.39, 0.29) is 48.6 Å². The van der Waals surface area contributed by atoms with Crippen LogP contribution in [0.25, 0.3) is 11.2 Å². The van der Waals surface area contributed by atoms with Crippen LogP contribution in [0.3, 0.4) is 0 Å². The fraction of sp³-hybridized carbons (Fsp3) is 0.455. The topological polar surface area (TPSA) is 229 Å². The molecular formula is C22H25F3N8O7. The Balaban J connectivity index is 1.59. The van der Waals surface area contributed by atoms with Crippen LogP contribution >= 0.6 is 0 Å². The van der Waals surface area contributed by atoms with Gasteiger partial charge in [-0.3, -0.25) is 24.4 Å². The molecule has 15 nitrogen and oxygen atoms in total. The number of nitro benzene ring substituents is 1. The van der Waals surface area contributed by atoms with Crippen molar-refractivity contribution in [1.82, 2.24) is 24.4 Å². The number of hydrogen-bond acceptors (Lipinski definition) is 12. The van der Waals surface area contributed by atoms with Gasteiger partial charge in [0.05, 0.1) is 11.3 Å². The second-order valence-electron chi connectivity index (χ2n) is 9.20. The van der Waals surface area contributed by atoms with Gasteiger partial charge in [-0.25, -0.2) is 15.0 Å². The summed E-state index contributed by atoms with van der Waals surface area (Å²) in [4.78, 5) is 34.7. The molecule has 5 atom stereocenters. The monoisotopic (exact) mass is 570 g/mol. The van der Waals surface area contributed by atoms with Crippen molar-refractivity contribution in [3.05, 3.63) is 52.1 Å². The van der Waals surface area contributed by atoms with Gasteiger partial charge < -0.3 is 31.5 Å². The highest BCUT2D eigenvalue weighted by Crippen LogP contribution is 2.37. The second-order valence-corrected chi connectivity index (χ2v) is 9.20. The molecule has 1 aromatic carbocycles. The number of nitrogens with two attached hydrogens (primary N) is 2. The Hall–Kier alpha value is -3.97. The number of fused-ring (bicyclic) bond motifs is 1. The smallest absolute Gasteiger partial charge is 0.423 e. The molecule has 216 valence electrons. The summed E-state index contributed by atoms with van der Waals surface area (Å²) >= 11 is 0. The van der Waals surface area contributed by atoms with Crippen LogP contribution in [0.15, 0.2) is 30.9 Å². The second kappa shape index (κ2) is 11.3. The van der Waals surface area contributed by atoms with Crippen molar-refractivity contribution in [3.63, 3.8) is 0 Å². The van der Waals surface area contributed by atoms with Crippen molar-refractivity contribution in [2.45, 2.75) is 49.7 Å². The molecule has 0 bridgehead atoms. The van der Waals surface area contributed by atoms with Crippen molar-refractivity contribution >= 4 is 28.6 Å². The van der Waals surface area contributed by atoms with Crippen molar-refractivity contribution < 1.29 is 42.9 Å². The Kier molecular flexibility index (Phi) is 8.17. The summed E-state index contributed by atoms with van der Waals surface area (Å²) in [5.74, 6) is -1.22. The Bertz CT molecular complexity index is 1400. The van der Waals surface area contributed by atoms with Crippen LogP contribution in [-0.4, -0.2) is 88.1 Å². The van der Waals surface area contributed by atoms with Crippen LogP contribution < -0.4 is 11.5 Å². The van der Waals surface area contributed by atoms with Gasteiger partial charge in [-0.1, -0.05) is 6.07 Å². The number of nitro groups is 1. The minimum absolute atomic E-state index is 0.0270. The molecule has 7 N–H and O–H groups in total. The van der Waals surface area contributed by atoms with Gasteiger partial charge in [0.25, 0.3) is 5.69 Å². The summed E-state index contributed by atoms with van der Waals surface area (Å²) in [6, 6.07) is 1.22.